The molecule has 0 spiro atoms. The summed E-state index contributed by atoms with van der Waals surface area (Å²) in [6, 6.07) is 0. The van der Waals surface area contributed by atoms with Gasteiger partial charge in [0.15, 0.2) is 11.5 Å². The molecule has 20 heavy (non-hydrogen) atoms. The van der Waals surface area contributed by atoms with Gasteiger partial charge < -0.3 is 9.84 Å². The Hall–Kier alpha value is -1.58. The van der Waals surface area contributed by atoms with Crippen LogP contribution in [0.2, 0.25) is 0 Å². The highest BCUT2D eigenvalue weighted by Gasteiger charge is 2.53. The fourth-order valence-electron chi connectivity index (χ4n) is 4.08. The molecule has 1 aliphatic heterocycles. The van der Waals surface area contributed by atoms with Crippen LogP contribution in [0.3, 0.4) is 0 Å². The van der Waals surface area contributed by atoms with Gasteiger partial charge in [-0.1, -0.05) is 13.8 Å². The van der Waals surface area contributed by atoms with E-state index in [0.29, 0.717) is 12.0 Å². The molecule has 0 aromatic carbocycles. The lowest BCUT2D eigenvalue weighted by Crippen LogP contribution is -2.52. The quantitative estimate of drug-likeness (QED) is 0.691. The van der Waals surface area contributed by atoms with Crippen LogP contribution in [0.5, 0.6) is 0 Å². The monoisotopic (exact) mass is 276 g/mol. The zero-order valence-electron chi connectivity index (χ0n) is 12.2. The Morgan fingerprint density at radius 2 is 1.95 bits per heavy atom. The lowest BCUT2D eigenvalue weighted by Gasteiger charge is -2.53. The summed E-state index contributed by atoms with van der Waals surface area (Å²) in [6.07, 6.45) is 4.53. The molecule has 1 N–H and O–H groups in total. The average molecular weight is 276 g/mol. The number of fused-ring (bicyclic) bond motifs is 1. The Balaban J connectivity index is 2.06. The van der Waals surface area contributed by atoms with E-state index in [4.69, 9.17) is 4.74 Å². The summed E-state index contributed by atoms with van der Waals surface area (Å²) < 4.78 is 6.00. The van der Waals surface area contributed by atoms with Crippen LogP contribution in [0, 0.1) is 11.3 Å². The molecular formula is C16H20O4. The number of aliphatic hydroxyl groups is 1. The molecule has 0 saturated heterocycles. The van der Waals surface area contributed by atoms with Crippen molar-refractivity contribution in [2.75, 3.05) is 0 Å². The van der Waals surface area contributed by atoms with Gasteiger partial charge >= 0.3 is 0 Å². The van der Waals surface area contributed by atoms with E-state index >= 15 is 0 Å². The van der Waals surface area contributed by atoms with Crippen molar-refractivity contribution in [1.29, 1.82) is 0 Å². The van der Waals surface area contributed by atoms with Crippen LogP contribution >= 0.6 is 0 Å². The first-order chi connectivity index (χ1) is 9.24. The van der Waals surface area contributed by atoms with Crippen molar-refractivity contribution in [2.45, 2.75) is 52.1 Å². The molecule has 0 aromatic rings. The summed E-state index contributed by atoms with van der Waals surface area (Å²) >= 11 is 0. The van der Waals surface area contributed by atoms with E-state index in [0.717, 1.165) is 25.3 Å². The molecule has 108 valence electrons. The molecule has 3 rings (SSSR count). The third kappa shape index (κ3) is 1.74. The molecular weight excluding hydrogens is 256 g/mol. The fraction of sp³-hybridized carbons (Fsp3) is 0.625. The minimum Gasteiger partial charge on any atom is -0.504 e. The van der Waals surface area contributed by atoms with E-state index < -0.39 is 17.1 Å². The van der Waals surface area contributed by atoms with Crippen LogP contribution in [-0.2, 0) is 14.3 Å². The predicted molar refractivity (Wildman–Crippen MR) is 73.0 cm³/mol. The van der Waals surface area contributed by atoms with Crippen molar-refractivity contribution in [3.8, 4) is 0 Å². The third-order valence-corrected chi connectivity index (χ3v) is 5.19. The summed E-state index contributed by atoms with van der Waals surface area (Å²) in [7, 11) is 0. The summed E-state index contributed by atoms with van der Waals surface area (Å²) in [5, 5.41) is 9.58. The van der Waals surface area contributed by atoms with Gasteiger partial charge in [0.05, 0.1) is 0 Å². The standard InChI is InChI=1S/C16H20O4/c1-15(2)5-4-6-16(3)12(15)7-9-13(19)10(17)8-11(18)14(9)20-16/h8,12,17H,4-7H2,1-3H3/t12-,16-/m1/s1. The Labute approximate surface area is 118 Å². The molecule has 1 heterocycles. The summed E-state index contributed by atoms with van der Waals surface area (Å²) in [5.74, 6) is -0.966. The molecule has 0 bridgehead atoms. The van der Waals surface area contributed by atoms with E-state index in [-0.39, 0.29) is 22.9 Å². The lowest BCUT2D eigenvalue weighted by molar-refractivity contribution is -0.143. The van der Waals surface area contributed by atoms with Crippen LogP contribution in [0.15, 0.2) is 23.2 Å². The molecule has 4 nitrogen and oxygen atoms in total. The fourth-order valence-corrected chi connectivity index (χ4v) is 4.08. The minimum absolute atomic E-state index is 0.0611. The van der Waals surface area contributed by atoms with E-state index in [1.807, 2.05) is 6.92 Å². The van der Waals surface area contributed by atoms with Gasteiger partial charge in [-0.15, -0.1) is 0 Å². The van der Waals surface area contributed by atoms with Crippen molar-refractivity contribution in [1.82, 2.24) is 0 Å². The molecule has 2 atom stereocenters. The highest BCUT2D eigenvalue weighted by Crippen LogP contribution is 2.54. The Bertz CT molecular complexity index is 567. The Morgan fingerprint density at radius 3 is 2.65 bits per heavy atom. The van der Waals surface area contributed by atoms with Gasteiger partial charge in [0.25, 0.3) is 0 Å². The van der Waals surface area contributed by atoms with Crippen LogP contribution in [0.1, 0.15) is 46.5 Å². The normalized spacial score (nSPS) is 36.0. The smallest absolute Gasteiger partial charge is 0.227 e. The van der Waals surface area contributed by atoms with Crippen LogP contribution < -0.4 is 0 Å². The van der Waals surface area contributed by atoms with Crippen molar-refractivity contribution >= 4 is 11.6 Å². The number of carbonyl (C=O) groups excluding carboxylic acids is 2. The molecule has 4 heteroatoms. The highest BCUT2D eigenvalue weighted by molar-refractivity contribution is 6.21. The second-order valence-corrected chi connectivity index (χ2v) is 7.04. The molecule has 1 saturated carbocycles. The lowest BCUT2D eigenvalue weighted by atomic mass is 9.58. The van der Waals surface area contributed by atoms with Gasteiger partial charge in [-0.05, 0) is 38.0 Å². The SMILES string of the molecule is CC1(C)CCC[C@@]2(C)OC3=C(C[C@H]12)C(=O)C(O)=CC3=O. The number of rotatable bonds is 0. The van der Waals surface area contributed by atoms with E-state index in [2.05, 4.69) is 13.8 Å². The maximum absolute atomic E-state index is 12.1. The van der Waals surface area contributed by atoms with Gasteiger partial charge in [-0.3, -0.25) is 9.59 Å². The minimum atomic E-state index is -0.463. The number of aliphatic hydroxyl groups excluding tert-OH is 1. The van der Waals surface area contributed by atoms with Gasteiger partial charge in [-0.2, -0.15) is 0 Å². The first kappa shape index (κ1) is 13.4. The van der Waals surface area contributed by atoms with Crippen molar-refractivity contribution < 1.29 is 19.4 Å². The molecule has 3 aliphatic rings. The van der Waals surface area contributed by atoms with Gasteiger partial charge in [-0.25, -0.2) is 0 Å². The van der Waals surface area contributed by atoms with E-state index in [1.54, 1.807) is 0 Å². The van der Waals surface area contributed by atoms with Crippen molar-refractivity contribution in [3.63, 3.8) is 0 Å². The third-order valence-electron chi connectivity index (χ3n) is 5.19. The molecule has 1 fully saturated rings. The maximum atomic E-state index is 12.1. The first-order valence-corrected chi connectivity index (χ1v) is 7.16. The number of carbonyl (C=O) groups is 2. The van der Waals surface area contributed by atoms with Crippen molar-refractivity contribution in [3.05, 3.63) is 23.2 Å². The molecule has 2 aliphatic carbocycles. The van der Waals surface area contributed by atoms with E-state index in [1.165, 1.54) is 0 Å². The number of ether oxygens (including phenoxy) is 1. The van der Waals surface area contributed by atoms with Crippen LogP contribution in [0.25, 0.3) is 0 Å². The molecule has 0 amide bonds. The number of ketones is 2. The maximum Gasteiger partial charge on any atom is 0.227 e. The van der Waals surface area contributed by atoms with Gasteiger partial charge in [0.2, 0.25) is 11.6 Å². The number of hydrogen-bond acceptors (Lipinski definition) is 4. The van der Waals surface area contributed by atoms with Crippen LogP contribution in [0.4, 0.5) is 0 Å². The second kappa shape index (κ2) is 3.96. The highest BCUT2D eigenvalue weighted by atomic mass is 16.5. The van der Waals surface area contributed by atoms with Gasteiger partial charge in [0.1, 0.15) is 5.60 Å². The predicted octanol–water partition coefficient (Wildman–Crippen LogP) is 2.84. The zero-order valence-corrected chi connectivity index (χ0v) is 12.2. The zero-order chi connectivity index (χ0) is 14.7. The average Bonchev–Trinajstić information content (AvgIpc) is 2.34. The number of allylic oxidation sites excluding steroid dienone is 2. The van der Waals surface area contributed by atoms with E-state index in [9.17, 15) is 14.7 Å². The topological polar surface area (TPSA) is 63.6 Å². The van der Waals surface area contributed by atoms with Gasteiger partial charge in [0, 0.05) is 17.6 Å². The molecule has 0 unspecified atom stereocenters. The largest absolute Gasteiger partial charge is 0.504 e. The first-order valence-electron chi connectivity index (χ1n) is 7.16. The molecule has 0 radical (unpaired) electrons. The Morgan fingerprint density at radius 1 is 1.25 bits per heavy atom. The number of Topliss-reactive ketones (excluding diaryl/α,β-unsaturated/α-hetero) is 1. The second-order valence-electron chi connectivity index (χ2n) is 7.04. The van der Waals surface area contributed by atoms with Crippen molar-refractivity contribution in [2.24, 2.45) is 11.3 Å². The number of hydrogen-bond donors (Lipinski definition) is 1. The van der Waals surface area contributed by atoms with Crippen LogP contribution in [-0.4, -0.2) is 22.3 Å². The summed E-state index contributed by atoms with van der Waals surface area (Å²) in [6.45, 7) is 6.42. The summed E-state index contributed by atoms with van der Waals surface area (Å²) in [4.78, 5) is 24.1. The molecule has 0 aromatic heterocycles. The Kier molecular flexibility index (Phi) is 2.66. The summed E-state index contributed by atoms with van der Waals surface area (Å²) in [5.41, 5.74) is 0.0237.